The normalized spacial score (nSPS) is 20.7. The molecule has 0 bridgehead atoms. The number of rotatable bonds is 5. The molecule has 0 heterocycles. The van der Waals surface area contributed by atoms with E-state index < -0.39 is 0 Å². The maximum Gasteiger partial charge on any atom is 0.253 e. The smallest absolute Gasteiger partial charge is 0.253 e. The lowest BCUT2D eigenvalue weighted by Crippen LogP contribution is -2.34. The molecule has 0 aliphatic heterocycles. The van der Waals surface area contributed by atoms with Gasteiger partial charge in [-0.25, -0.2) is 0 Å². The van der Waals surface area contributed by atoms with Crippen molar-refractivity contribution in [2.24, 2.45) is 5.92 Å². The number of amides is 2. The molecule has 1 aromatic rings. The van der Waals surface area contributed by atoms with E-state index in [-0.39, 0.29) is 23.8 Å². The third-order valence-electron chi connectivity index (χ3n) is 4.22. The van der Waals surface area contributed by atoms with Crippen LogP contribution >= 0.6 is 0 Å². The molecule has 0 aromatic heterocycles. The first-order chi connectivity index (χ1) is 10.5. The van der Waals surface area contributed by atoms with Gasteiger partial charge in [0.2, 0.25) is 5.91 Å². The SMILES string of the molecule is CC(=O)NCc1ccc(C(=O)N(C)CC2CCCC2O)cc1. The standard InChI is InChI=1S/C17H24N2O3/c1-12(20)18-10-13-6-8-14(9-7-13)17(22)19(2)11-15-4-3-5-16(15)21/h6-9,15-16,21H,3-5,10-11H2,1-2H3,(H,18,20). The summed E-state index contributed by atoms with van der Waals surface area (Å²) in [7, 11) is 1.78. The van der Waals surface area contributed by atoms with Crippen molar-refractivity contribution in [1.29, 1.82) is 0 Å². The molecule has 2 atom stereocenters. The Kier molecular flexibility index (Phi) is 5.55. The fourth-order valence-electron chi connectivity index (χ4n) is 2.88. The van der Waals surface area contributed by atoms with Gasteiger partial charge in [0.1, 0.15) is 0 Å². The Morgan fingerprint density at radius 1 is 1.27 bits per heavy atom. The Hall–Kier alpha value is -1.88. The molecule has 0 spiro atoms. The molecule has 5 nitrogen and oxygen atoms in total. The minimum absolute atomic E-state index is 0.0369. The van der Waals surface area contributed by atoms with Crippen molar-refractivity contribution in [3.05, 3.63) is 35.4 Å². The summed E-state index contributed by atoms with van der Waals surface area (Å²) in [5.41, 5.74) is 1.59. The van der Waals surface area contributed by atoms with Crippen molar-refractivity contribution in [1.82, 2.24) is 10.2 Å². The van der Waals surface area contributed by atoms with E-state index in [1.807, 2.05) is 12.1 Å². The second-order valence-corrected chi connectivity index (χ2v) is 6.05. The van der Waals surface area contributed by atoms with Crippen molar-refractivity contribution in [2.45, 2.75) is 38.8 Å². The highest BCUT2D eigenvalue weighted by molar-refractivity contribution is 5.94. The number of aliphatic hydroxyl groups excluding tert-OH is 1. The van der Waals surface area contributed by atoms with Crippen molar-refractivity contribution in [3.8, 4) is 0 Å². The Labute approximate surface area is 131 Å². The third-order valence-corrected chi connectivity index (χ3v) is 4.22. The van der Waals surface area contributed by atoms with Crippen LogP contribution in [0.5, 0.6) is 0 Å². The average Bonchev–Trinajstić information content (AvgIpc) is 2.90. The third kappa shape index (κ3) is 4.31. The summed E-state index contributed by atoms with van der Waals surface area (Å²) in [6.07, 6.45) is 2.57. The highest BCUT2D eigenvalue weighted by Crippen LogP contribution is 2.26. The fraction of sp³-hybridized carbons (Fsp3) is 0.529. The Morgan fingerprint density at radius 3 is 2.50 bits per heavy atom. The molecule has 120 valence electrons. The number of nitrogens with one attached hydrogen (secondary N) is 1. The predicted molar refractivity (Wildman–Crippen MR) is 84.3 cm³/mol. The average molecular weight is 304 g/mol. The second-order valence-electron chi connectivity index (χ2n) is 6.05. The van der Waals surface area contributed by atoms with Crippen molar-refractivity contribution in [2.75, 3.05) is 13.6 Å². The monoisotopic (exact) mass is 304 g/mol. The van der Waals surface area contributed by atoms with Crippen LogP contribution in [0, 0.1) is 5.92 Å². The van der Waals surface area contributed by atoms with Gasteiger partial charge in [0.15, 0.2) is 0 Å². The molecule has 1 aliphatic carbocycles. The zero-order chi connectivity index (χ0) is 16.1. The summed E-state index contributed by atoms with van der Waals surface area (Å²) in [4.78, 5) is 25.0. The first-order valence-corrected chi connectivity index (χ1v) is 7.74. The topological polar surface area (TPSA) is 69.6 Å². The van der Waals surface area contributed by atoms with Crippen LogP contribution in [0.1, 0.15) is 42.1 Å². The van der Waals surface area contributed by atoms with Crippen LogP contribution < -0.4 is 5.32 Å². The first-order valence-electron chi connectivity index (χ1n) is 7.74. The minimum Gasteiger partial charge on any atom is -0.393 e. The molecule has 2 amide bonds. The van der Waals surface area contributed by atoms with Crippen molar-refractivity contribution >= 4 is 11.8 Å². The molecule has 2 rings (SSSR count). The number of hydrogen-bond donors (Lipinski definition) is 2. The van der Waals surface area contributed by atoms with E-state index in [9.17, 15) is 14.7 Å². The van der Waals surface area contributed by atoms with Gasteiger partial charge in [-0.3, -0.25) is 9.59 Å². The zero-order valence-corrected chi connectivity index (χ0v) is 13.2. The van der Waals surface area contributed by atoms with E-state index >= 15 is 0 Å². The predicted octanol–water partition coefficient (Wildman–Crippen LogP) is 1.56. The molecule has 0 radical (unpaired) electrons. The van der Waals surface area contributed by atoms with Gasteiger partial charge in [0.25, 0.3) is 5.91 Å². The lowest BCUT2D eigenvalue weighted by molar-refractivity contribution is -0.119. The van der Waals surface area contributed by atoms with Crippen LogP contribution in [0.4, 0.5) is 0 Å². The van der Waals surface area contributed by atoms with Crippen molar-refractivity contribution in [3.63, 3.8) is 0 Å². The van der Waals surface area contributed by atoms with Gasteiger partial charge < -0.3 is 15.3 Å². The van der Waals surface area contributed by atoms with Crippen LogP contribution in [-0.4, -0.2) is 41.5 Å². The van der Waals surface area contributed by atoms with E-state index in [1.165, 1.54) is 6.92 Å². The summed E-state index contributed by atoms with van der Waals surface area (Å²) in [5, 5.41) is 12.6. The Bertz CT molecular complexity index is 527. The van der Waals surface area contributed by atoms with Gasteiger partial charge in [-0.1, -0.05) is 18.6 Å². The van der Waals surface area contributed by atoms with Gasteiger partial charge >= 0.3 is 0 Å². The van der Waals surface area contributed by atoms with Crippen LogP contribution in [0.2, 0.25) is 0 Å². The molecule has 2 unspecified atom stereocenters. The number of nitrogens with zero attached hydrogens (tertiary/aromatic N) is 1. The lowest BCUT2D eigenvalue weighted by atomic mass is 10.0. The molecule has 1 aromatic carbocycles. The largest absolute Gasteiger partial charge is 0.393 e. The van der Waals surface area contributed by atoms with Gasteiger partial charge in [-0.2, -0.15) is 0 Å². The quantitative estimate of drug-likeness (QED) is 0.867. The van der Waals surface area contributed by atoms with E-state index in [0.717, 1.165) is 24.8 Å². The number of hydrogen-bond acceptors (Lipinski definition) is 3. The number of carbonyl (C=O) groups excluding carboxylic acids is 2. The van der Waals surface area contributed by atoms with Crippen LogP contribution in [0.3, 0.4) is 0 Å². The van der Waals surface area contributed by atoms with Gasteiger partial charge in [0.05, 0.1) is 6.10 Å². The molecule has 1 fully saturated rings. The van der Waals surface area contributed by atoms with E-state index in [4.69, 9.17) is 0 Å². The highest BCUT2D eigenvalue weighted by Gasteiger charge is 2.27. The zero-order valence-electron chi connectivity index (χ0n) is 13.2. The Morgan fingerprint density at radius 2 is 1.95 bits per heavy atom. The van der Waals surface area contributed by atoms with Gasteiger partial charge in [-0.05, 0) is 30.5 Å². The summed E-state index contributed by atoms with van der Waals surface area (Å²) >= 11 is 0. The van der Waals surface area contributed by atoms with Crippen LogP contribution in [0.15, 0.2) is 24.3 Å². The van der Waals surface area contributed by atoms with E-state index in [0.29, 0.717) is 18.7 Å². The summed E-state index contributed by atoms with van der Waals surface area (Å²) < 4.78 is 0. The molecule has 1 aliphatic rings. The van der Waals surface area contributed by atoms with Gasteiger partial charge in [0, 0.05) is 38.5 Å². The maximum atomic E-state index is 12.4. The van der Waals surface area contributed by atoms with Crippen molar-refractivity contribution < 1.29 is 14.7 Å². The highest BCUT2D eigenvalue weighted by atomic mass is 16.3. The first kappa shape index (κ1) is 16.5. The number of aliphatic hydroxyl groups is 1. The summed E-state index contributed by atoms with van der Waals surface area (Å²) in [5.74, 6) is 0.0770. The summed E-state index contributed by atoms with van der Waals surface area (Å²) in [6, 6.07) is 7.25. The van der Waals surface area contributed by atoms with E-state index in [1.54, 1.807) is 24.1 Å². The summed E-state index contributed by atoms with van der Waals surface area (Å²) in [6.45, 7) is 2.53. The van der Waals surface area contributed by atoms with E-state index in [2.05, 4.69) is 5.32 Å². The van der Waals surface area contributed by atoms with Gasteiger partial charge in [-0.15, -0.1) is 0 Å². The molecule has 0 saturated heterocycles. The lowest BCUT2D eigenvalue weighted by Gasteiger charge is -2.23. The maximum absolute atomic E-state index is 12.4. The van der Waals surface area contributed by atoms with Crippen LogP contribution in [-0.2, 0) is 11.3 Å². The molecular formula is C17H24N2O3. The second kappa shape index (κ2) is 7.40. The Balaban J connectivity index is 1.92. The molecule has 22 heavy (non-hydrogen) atoms. The number of carbonyl (C=O) groups is 2. The minimum atomic E-state index is -0.282. The molecular weight excluding hydrogens is 280 g/mol. The molecule has 5 heteroatoms. The number of benzene rings is 1. The fourth-order valence-corrected chi connectivity index (χ4v) is 2.88. The molecule has 1 saturated carbocycles. The molecule has 2 N–H and O–H groups in total. The van der Waals surface area contributed by atoms with Crippen LogP contribution in [0.25, 0.3) is 0 Å².